The van der Waals surface area contributed by atoms with Crippen LogP contribution in [0.1, 0.15) is 30.9 Å². The summed E-state index contributed by atoms with van der Waals surface area (Å²) < 4.78 is 55.1. The number of nitrogens with zero attached hydrogens (tertiary/aromatic N) is 1. The van der Waals surface area contributed by atoms with Crippen molar-refractivity contribution < 1.29 is 17.6 Å². The Labute approximate surface area is 161 Å². The minimum atomic E-state index is -4.46. The Morgan fingerprint density at radius 1 is 1.18 bits per heavy atom. The van der Waals surface area contributed by atoms with Crippen molar-refractivity contribution in [1.82, 2.24) is 5.32 Å². The summed E-state index contributed by atoms with van der Waals surface area (Å²) in [6.45, 7) is 3.49. The summed E-state index contributed by atoms with van der Waals surface area (Å²) in [5.74, 6) is -0.391. The molecule has 2 atom stereocenters. The van der Waals surface area contributed by atoms with Crippen LogP contribution in [0.3, 0.4) is 0 Å². The molecule has 1 saturated heterocycles. The summed E-state index contributed by atoms with van der Waals surface area (Å²) in [5.41, 5.74) is 0.944. The fourth-order valence-corrected chi connectivity index (χ4v) is 4.87. The largest absolute Gasteiger partial charge is 0.418 e. The van der Waals surface area contributed by atoms with E-state index in [1.807, 2.05) is 17.9 Å². The second kappa shape index (κ2) is 6.65. The van der Waals surface area contributed by atoms with Crippen molar-refractivity contribution in [3.8, 4) is 0 Å². The number of alkyl halides is 3. The average molecular weight is 393 g/mol. The number of halogens is 4. The van der Waals surface area contributed by atoms with Crippen molar-refractivity contribution >= 4 is 17.1 Å². The van der Waals surface area contributed by atoms with Crippen LogP contribution < -0.4 is 15.5 Å². The van der Waals surface area contributed by atoms with Crippen molar-refractivity contribution in [2.45, 2.75) is 37.4 Å². The number of hydrogen-bond acceptors (Lipinski definition) is 3. The van der Waals surface area contributed by atoms with E-state index < -0.39 is 17.6 Å². The first-order valence-electron chi connectivity index (χ1n) is 9.48. The molecule has 2 aliphatic rings. The Kier molecular flexibility index (Phi) is 4.53. The summed E-state index contributed by atoms with van der Waals surface area (Å²) in [7, 11) is 1.77. The lowest BCUT2D eigenvalue weighted by Gasteiger charge is -2.42. The van der Waals surface area contributed by atoms with Gasteiger partial charge in [0.05, 0.1) is 11.3 Å². The monoisotopic (exact) mass is 393 g/mol. The molecule has 4 rings (SSSR count). The molecule has 2 heterocycles. The molecular formula is C21H23F4N3. The van der Waals surface area contributed by atoms with Gasteiger partial charge in [0.2, 0.25) is 0 Å². The topological polar surface area (TPSA) is 27.3 Å². The normalized spacial score (nSPS) is 24.1. The first-order chi connectivity index (χ1) is 13.3. The van der Waals surface area contributed by atoms with Crippen LogP contribution in [0.4, 0.5) is 34.6 Å². The minimum absolute atomic E-state index is 0.0379. The lowest BCUT2D eigenvalue weighted by molar-refractivity contribution is -0.137. The summed E-state index contributed by atoms with van der Waals surface area (Å²) >= 11 is 0. The summed E-state index contributed by atoms with van der Waals surface area (Å²) in [4.78, 5) is 1.82. The smallest absolute Gasteiger partial charge is 0.370 e. The van der Waals surface area contributed by atoms with Crippen LogP contribution in [0, 0.1) is 5.82 Å². The molecular weight excluding hydrogens is 370 g/mol. The Morgan fingerprint density at radius 2 is 1.89 bits per heavy atom. The minimum Gasteiger partial charge on any atom is -0.370 e. The van der Waals surface area contributed by atoms with Gasteiger partial charge in [0.25, 0.3) is 0 Å². The maximum Gasteiger partial charge on any atom is 0.418 e. The number of likely N-dealkylation sites (N-methyl/N-ethyl adjacent to an activating group) is 1. The van der Waals surface area contributed by atoms with Crippen LogP contribution in [0.2, 0.25) is 0 Å². The number of anilines is 3. The molecule has 7 heteroatoms. The van der Waals surface area contributed by atoms with Crippen LogP contribution in [-0.4, -0.2) is 26.2 Å². The highest BCUT2D eigenvalue weighted by atomic mass is 19.4. The fraction of sp³-hybridized carbons (Fsp3) is 0.429. The van der Waals surface area contributed by atoms with Gasteiger partial charge in [-0.15, -0.1) is 0 Å². The Morgan fingerprint density at radius 3 is 2.54 bits per heavy atom. The highest BCUT2D eigenvalue weighted by Gasteiger charge is 2.53. The third-order valence-corrected chi connectivity index (χ3v) is 6.21. The van der Waals surface area contributed by atoms with E-state index in [4.69, 9.17) is 0 Å². The maximum atomic E-state index is 14.0. The van der Waals surface area contributed by atoms with Gasteiger partial charge < -0.3 is 15.5 Å². The van der Waals surface area contributed by atoms with Crippen LogP contribution in [0.5, 0.6) is 0 Å². The van der Waals surface area contributed by atoms with Crippen molar-refractivity contribution in [2.24, 2.45) is 0 Å². The van der Waals surface area contributed by atoms with Crippen molar-refractivity contribution in [1.29, 1.82) is 0 Å². The molecule has 2 N–H and O–H groups in total. The van der Waals surface area contributed by atoms with Gasteiger partial charge in [0.15, 0.2) is 0 Å². The van der Waals surface area contributed by atoms with E-state index >= 15 is 0 Å². The molecule has 0 unspecified atom stereocenters. The number of fused-ring (bicyclic) bond motifs is 3. The number of nitrogens with one attached hydrogen (secondary N) is 2. The van der Waals surface area contributed by atoms with Crippen LogP contribution in [0.25, 0.3) is 0 Å². The van der Waals surface area contributed by atoms with E-state index in [-0.39, 0.29) is 17.1 Å². The van der Waals surface area contributed by atoms with Gasteiger partial charge >= 0.3 is 6.18 Å². The van der Waals surface area contributed by atoms with Gasteiger partial charge in [0, 0.05) is 36.4 Å². The van der Waals surface area contributed by atoms with Gasteiger partial charge in [-0.25, -0.2) is 4.39 Å². The lowest BCUT2D eigenvalue weighted by atomic mass is 9.71. The van der Waals surface area contributed by atoms with Gasteiger partial charge in [-0.1, -0.05) is 6.92 Å². The lowest BCUT2D eigenvalue weighted by Crippen LogP contribution is -2.54. The summed E-state index contributed by atoms with van der Waals surface area (Å²) in [6.07, 6.45) is -2.91. The molecule has 150 valence electrons. The molecule has 2 aromatic carbocycles. The zero-order valence-corrected chi connectivity index (χ0v) is 15.8. The zero-order chi connectivity index (χ0) is 20.1. The van der Waals surface area contributed by atoms with Crippen molar-refractivity contribution in [3.05, 3.63) is 53.3 Å². The maximum absolute atomic E-state index is 14.0. The molecule has 0 aromatic heterocycles. The van der Waals surface area contributed by atoms with E-state index in [1.54, 1.807) is 7.05 Å². The van der Waals surface area contributed by atoms with Gasteiger partial charge in [-0.05, 0) is 61.3 Å². The standard InChI is InChI=1S/C21H23F4N3/c1-3-20-12-26-9-8-18(20)28(2)19-16(20)10-15(11-17(19)21(23,24)25)27-14-6-4-13(22)5-7-14/h4-7,10-11,18,26-27H,3,8-9,12H2,1-2H3/t18-,20-/m0/s1. The van der Waals surface area contributed by atoms with Gasteiger partial charge in [0.1, 0.15) is 5.82 Å². The SMILES string of the molecule is CC[C@@]12CNCC[C@@H]1N(C)c1c(C(F)(F)F)cc(Nc3ccc(F)cc3)cc12. The van der Waals surface area contributed by atoms with Crippen molar-refractivity contribution in [2.75, 3.05) is 30.4 Å². The molecule has 28 heavy (non-hydrogen) atoms. The van der Waals surface area contributed by atoms with Crippen LogP contribution >= 0.6 is 0 Å². The quantitative estimate of drug-likeness (QED) is 0.715. The third kappa shape index (κ3) is 2.92. The van der Waals surface area contributed by atoms with E-state index in [9.17, 15) is 17.6 Å². The number of piperidine rings is 1. The Balaban J connectivity index is 1.87. The first kappa shape index (κ1) is 19.1. The second-order valence-electron chi connectivity index (χ2n) is 7.65. The number of benzene rings is 2. The molecule has 2 aliphatic heterocycles. The highest BCUT2D eigenvalue weighted by molar-refractivity contribution is 5.76. The number of rotatable bonds is 3. The molecule has 2 aromatic rings. The molecule has 0 spiro atoms. The predicted octanol–water partition coefficient (Wildman–Crippen LogP) is 5.05. The fourth-order valence-electron chi connectivity index (χ4n) is 4.87. The van der Waals surface area contributed by atoms with Crippen LogP contribution in [-0.2, 0) is 11.6 Å². The summed E-state index contributed by atoms with van der Waals surface area (Å²) in [5, 5.41) is 6.39. The first-order valence-corrected chi connectivity index (χ1v) is 9.48. The molecule has 0 saturated carbocycles. The van der Waals surface area contributed by atoms with Gasteiger partial charge in [-0.2, -0.15) is 13.2 Å². The number of hydrogen-bond donors (Lipinski definition) is 2. The second-order valence-corrected chi connectivity index (χ2v) is 7.65. The molecule has 3 nitrogen and oxygen atoms in total. The van der Waals surface area contributed by atoms with E-state index in [0.717, 1.165) is 31.0 Å². The van der Waals surface area contributed by atoms with Crippen molar-refractivity contribution in [3.63, 3.8) is 0 Å². The molecule has 1 fully saturated rings. The molecule has 0 aliphatic carbocycles. The average Bonchev–Trinajstić information content (AvgIpc) is 2.92. The van der Waals surface area contributed by atoms with E-state index in [0.29, 0.717) is 17.9 Å². The van der Waals surface area contributed by atoms with Gasteiger partial charge in [-0.3, -0.25) is 0 Å². The zero-order valence-electron chi connectivity index (χ0n) is 15.8. The highest BCUT2D eigenvalue weighted by Crippen LogP contribution is 2.54. The summed E-state index contributed by atoms with van der Waals surface area (Å²) in [6, 6.07) is 8.63. The molecule has 0 radical (unpaired) electrons. The predicted molar refractivity (Wildman–Crippen MR) is 103 cm³/mol. The Hall–Kier alpha value is -2.28. The molecule has 0 amide bonds. The molecule has 0 bridgehead atoms. The van der Waals surface area contributed by atoms with E-state index in [2.05, 4.69) is 10.6 Å². The van der Waals surface area contributed by atoms with E-state index in [1.165, 1.54) is 24.3 Å². The third-order valence-electron chi connectivity index (χ3n) is 6.21. The van der Waals surface area contributed by atoms with Crippen LogP contribution in [0.15, 0.2) is 36.4 Å². The Bertz CT molecular complexity index is 878.